The molecule has 0 spiro atoms. The van der Waals surface area contributed by atoms with Crippen LogP contribution in [0.15, 0.2) is 29.3 Å². The Morgan fingerprint density at radius 1 is 1.30 bits per heavy atom. The van der Waals surface area contributed by atoms with E-state index in [4.69, 9.17) is 5.73 Å². The number of amides is 1. The molecule has 20 heavy (non-hydrogen) atoms. The second-order valence-electron chi connectivity index (χ2n) is 5.11. The summed E-state index contributed by atoms with van der Waals surface area (Å²) in [5.41, 5.74) is 7.33. The van der Waals surface area contributed by atoms with Gasteiger partial charge in [-0.05, 0) is 30.0 Å². The average Bonchev–Trinajstić information content (AvgIpc) is 2.87. The molecule has 2 atom stereocenters. The summed E-state index contributed by atoms with van der Waals surface area (Å²) < 4.78 is 0. The van der Waals surface area contributed by atoms with Crippen LogP contribution >= 0.6 is 10.5 Å². The molecular weight excluding hydrogens is 270 g/mol. The van der Waals surface area contributed by atoms with Crippen LogP contribution in [0.4, 0.5) is 5.69 Å². The predicted molar refractivity (Wildman–Crippen MR) is 88.5 cm³/mol. The van der Waals surface area contributed by atoms with E-state index < -0.39 is 0 Å². The number of hydrogen-bond donors (Lipinski definition) is 2. The molecule has 0 saturated heterocycles. The maximum Gasteiger partial charge on any atom is 0.233 e. The first-order valence-electron chi connectivity index (χ1n) is 6.75. The highest BCUT2D eigenvalue weighted by atomic mass is 32.2. The predicted octanol–water partition coefficient (Wildman–Crippen LogP) is 2.34. The zero-order valence-corrected chi connectivity index (χ0v) is 12.9. The summed E-state index contributed by atoms with van der Waals surface area (Å²) in [6.45, 7) is 6.90. The average molecular weight is 291 g/mol. The number of anilines is 1. The monoisotopic (exact) mass is 291 g/mol. The third kappa shape index (κ3) is 3.28. The van der Waals surface area contributed by atoms with E-state index in [0.29, 0.717) is 17.5 Å². The van der Waals surface area contributed by atoms with Gasteiger partial charge in [0, 0.05) is 10.9 Å². The van der Waals surface area contributed by atoms with Crippen LogP contribution < -0.4 is 11.1 Å². The topological polar surface area (TPSA) is 67.5 Å². The Morgan fingerprint density at radius 2 is 1.95 bits per heavy atom. The summed E-state index contributed by atoms with van der Waals surface area (Å²) in [6, 6.07) is 7.42. The van der Waals surface area contributed by atoms with E-state index >= 15 is 0 Å². The standard InChI is InChI=1S/C15H21N3OS/c1-10(2)20-9-8-17-15(20)18-14(19)11(3)12-4-6-13(16)7-5-12/h4-7,9-11H,8,16H2,1-3H3,(H,17,18,19)/t11-,20?/m0/s1. The molecule has 2 rings (SSSR count). The van der Waals surface area contributed by atoms with Crippen LogP contribution in [0.1, 0.15) is 32.3 Å². The summed E-state index contributed by atoms with van der Waals surface area (Å²) in [5, 5.41) is 6.46. The zero-order chi connectivity index (χ0) is 14.7. The maximum atomic E-state index is 12.3. The molecule has 3 N–H and O–H groups in total. The SMILES string of the molecule is CC(C)S1=CCN=C1NC(=O)[C@@H](C)c1ccc(N)cc1. The molecule has 0 bridgehead atoms. The summed E-state index contributed by atoms with van der Waals surface area (Å²) in [6.07, 6.45) is 0. The molecule has 4 nitrogen and oxygen atoms in total. The summed E-state index contributed by atoms with van der Waals surface area (Å²) in [4.78, 5) is 16.7. The second-order valence-corrected chi connectivity index (χ2v) is 7.52. The lowest BCUT2D eigenvalue weighted by molar-refractivity contribution is -0.120. The summed E-state index contributed by atoms with van der Waals surface area (Å²) in [7, 11) is -0.0409. The Hall–Kier alpha value is -1.62. The van der Waals surface area contributed by atoms with Crippen molar-refractivity contribution in [2.45, 2.75) is 31.9 Å². The first-order chi connectivity index (χ1) is 9.49. The van der Waals surface area contributed by atoms with E-state index in [1.807, 2.05) is 31.2 Å². The Kier molecular flexibility index (Phi) is 4.60. The lowest BCUT2D eigenvalue weighted by Crippen LogP contribution is -2.33. The highest BCUT2D eigenvalue weighted by molar-refractivity contribution is 8.28. The van der Waals surface area contributed by atoms with Gasteiger partial charge in [0.2, 0.25) is 5.91 Å². The van der Waals surface area contributed by atoms with Crippen molar-refractivity contribution in [3.8, 4) is 0 Å². The third-order valence-electron chi connectivity index (χ3n) is 3.28. The second kappa shape index (κ2) is 6.22. The molecule has 1 unspecified atom stereocenters. The number of rotatable bonds is 3. The van der Waals surface area contributed by atoms with Gasteiger partial charge in [-0.2, -0.15) is 0 Å². The van der Waals surface area contributed by atoms with E-state index in [1.54, 1.807) is 0 Å². The Balaban J connectivity index is 2.05. The van der Waals surface area contributed by atoms with Crippen molar-refractivity contribution < 1.29 is 4.79 Å². The van der Waals surface area contributed by atoms with Crippen LogP contribution in [0.25, 0.3) is 0 Å². The minimum absolute atomic E-state index is 0.0121. The molecule has 0 saturated carbocycles. The normalized spacial score (nSPS) is 19.4. The highest BCUT2D eigenvalue weighted by Crippen LogP contribution is 2.25. The molecule has 0 aromatic heterocycles. The number of nitrogens with one attached hydrogen (secondary N) is 1. The van der Waals surface area contributed by atoms with E-state index in [0.717, 1.165) is 10.7 Å². The van der Waals surface area contributed by atoms with Gasteiger partial charge in [0.15, 0.2) is 5.17 Å². The van der Waals surface area contributed by atoms with Gasteiger partial charge in [-0.1, -0.05) is 26.0 Å². The molecule has 0 radical (unpaired) electrons. The Labute approximate surface area is 122 Å². The van der Waals surface area contributed by atoms with Crippen LogP contribution in [0.3, 0.4) is 0 Å². The molecule has 1 amide bonds. The molecule has 108 valence electrons. The van der Waals surface area contributed by atoms with E-state index in [1.165, 1.54) is 0 Å². The van der Waals surface area contributed by atoms with Crippen LogP contribution in [0.2, 0.25) is 0 Å². The zero-order valence-electron chi connectivity index (χ0n) is 12.1. The fraction of sp³-hybridized carbons (Fsp3) is 0.400. The van der Waals surface area contributed by atoms with Crippen molar-refractivity contribution in [2.24, 2.45) is 4.99 Å². The van der Waals surface area contributed by atoms with Gasteiger partial charge < -0.3 is 11.1 Å². The largest absolute Gasteiger partial charge is 0.399 e. The molecular formula is C15H21N3OS. The van der Waals surface area contributed by atoms with Gasteiger partial charge in [-0.3, -0.25) is 9.79 Å². The van der Waals surface area contributed by atoms with Gasteiger partial charge >= 0.3 is 0 Å². The smallest absolute Gasteiger partial charge is 0.233 e. The molecule has 1 aliphatic rings. The van der Waals surface area contributed by atoms with Crippen molar-refractivity contribution in [1.29, 1.82) is 0 Å². The molecule has 1 aliphatic heterocycles. The van der Waals surface area contributed by atoms with Crippen molar-refractivity contribution in [3.63, 3.8) is 0 Å². The minimum atomic E-state index is -0.212. The Morgan fingerprint density at radius 3 is 2.55 bits per heavy atom. The first kappa shape index (κ1) is 14.8. The lowest BCUT2D eigenvalue weighted by atomic mass is 10.0. The Bertz CT molecular complexity index is 561. The van der Waals surface area contributed by atoms with Gasteiger partial charge in [0.25, 0.3) is 0 Å². The summed E-state index contributed by atoms with van der Waals surface area (Å²) >= 11 is 0. The van der Waals surface area contributed by atoms with Crippen molar-refractivity contribution >= 4 is 32.6 Å². The molecule has 1 heterocycles. The van der Waals surface area contributed by atoms with Crippen LogP contribution in [-0.2, 0) is 4.79 Å². The number of nitrogen functional groups attached to an aromatic ring is 1. The van der Waals surface area contributed by atoms with Gasteiger partial charge in [0.1, 0.15) is 0 Å². The van der Waals surface area contributed by atoms with Crippen molar-refractivity contribution in [3.05, 3.63) is 29.8 Å². The van der Waals surface area contributed by atoms with E-state index in [9.17, 15) is 4.79 Å². The number of carbonyl (C=O) groups is 1. The summed E-state index contributed by atoms with van der Waals surface area (Å²) in [5.74, 6) is -0.224. The van der Waals surface area contributed by atoms with Gasteiger partial charge in [0.05, 0.1) is 12.5 Å². The lowest BCUT2D eigenvalue weighted by Gasteiger charge is -2.16. The number of carbonyl (C=O) groups excluding carboxylic acids is 1. The first-order valence-corrected chi connectivity index (χ1v) is 8.10. The maximum absolute atomic E-state index is 12.3. The van der Waals surface area contributed by atoms with Gasteiger partial charge in [-0.15, -0.1) is 10.5 Å². The number of hydrogen-bond acceptors (Lipinski definition) is 3. The van der Waals surface area contributed by atoms with Gasteiger partial charge in [-0.25, -0.2) is 0 Å². The van der Waals surface area contributed by atoms with Crippen LogP contribution in [0, 0.1) is 0 Å². The van der Waals surface area contributed by atoms with E-state index in [-0.39, 0.29) is 22.3 Å². The number of benzene rings is 1. The third-order valence-corrected chi connectivity index (χ3v) is 5.48. The quantitative estimate of drug-likeness (QED) is 0.663. The number of nitrogens with zero attached hydrogens (tertiary/aromatic N) is 1. The molecule has 1 aromatic rings. The van der Waals surface area contributed by atoms with Crippen LogP contribution in [-0.4, -0.2) is 28.2 Å². The van der Waals surface area contributed by atoms with Crippen molar-refractivity contribution in [1.82, 2.24) is 5.32 Å². The number of amidine groups is 1. The molecule has 1 aromatic carbocycles. The molecule has 5 heteroatoms. The van der Waals surface area contributed by atoms with Crippen LogP contribution in [0.5, 0.6) is 0 Å². The fourth-order valence-electron chi connectivity index (χ4n) is 2.02. The number of nitrogens with two attached hydrogens (primary N) is 1. The minimum Gasteiger partial charge on any atom is -0.399 e. The molecule has 0 fully saturated rings. The van der Waals surface area contributed by atoms with Crippen molar-refractivity contribution in [2.75, 3.05) is 12.3 Å². The highest BCUT2D eigenvalue weighted by Gasteiger charge is 2.20. The number of aliphatic imine (C=N–C) groups is 1. The fourth-order valence-corrected chi connectivity index (χ4v) is 3.68. The molecule has 0 aliphatic carbocycles. The van der Waals surface area contributed by atoms with E-state index in [2.05, 4.69) is 29.5 Å².